The van der Waals surface area contributed by atoms with E-state index in [0.717, 1.165) is 12.8 Å². The van der Waals surface area contributed by atoms with E-state index in [2.05, 4.69) is 0 Å². The second-order valence-corrected chi connectivity index (χ2v) is 9.67. The molecule has 0 heterocycles. The molecule has 0 aliphatic rings. The van der Waals surface area contributed by atoms with Gasteiger partial charge in [-0.15, -0.1) is 0 Å². The molecular weight excluding hydrogens is 494 g/mol. The number of carbonyl (C=O) groups is 4. The lowest BCUT2D eigenvalue weighted by molar-refractivity contribution is -0.155. The smallest absolute Gasteiger partial charge is 0.458 e. The molecule has 0 spiro atoms. The number of esters is 3. The molecule has 38 heavy (non-hydrogen) atoms. The Hall–Kier alpha value is -3.14. The monoisotopic (exact) mass is 537 g/mol. The number of nitrogens with two attached hydrogens (primary N) is 1. The highest BCUT2D eigenvalue weighted by Gasteiger charge is 2.25. The zero-order chi connectivity index (χ0) is 28.7. The van der Waals surface area contributed by atoms with Crippen LogP contribution in [0, 0.1) is 5.92 Å². The Balaban J connectivity index is 2.84. The maximum absolute atomic E-state index is 12.6. The third kappa shape index (κ3) is 12.9. The van der Waals surface area contributed by atoms with Gasteiger partial charge in [0.15, 0.2) is 11.5 Å². The van der Waals surface area contributed by atoms with E-state index in [9.17, 15) is 19.2 Å². The molecule has 0 aliphatic heterocycles. The van der Waals surface area contributed by atoms with Crippen LogP contribution in [-0.2, 0) is 35.0 Å². The van der Waals surface area contributed by atoms with E-state index in [-0.39, 0.29) is 43.3 Å². The second kappa shape index (κ2) is 17.4. The molecule has 0 aromatic heterocycles. The number of hydrogen-bond acceptors (Lipinski definition) is 10. The van der Waals surface area contributed by atoms with Crippen molar-refractivity contribution in [1.82, 2.24) is 0 Å². The minimum absolute atomic E-state index is 0.0702. The molecule has 0 amide bonds. The van der Waals surface area contributed by atoms with Crippen LogP contribution in [0.5, 0.6) is 11.5 Å². The van der Waals surface area contributed by atoms with Crippen LogP contribution >= 0.6 is 0 Å². The first-order valence-corrected chi connectivity index (χ1v) is 13.3. The molecule has 1 rings (SSSR count). The summed E-state index contributed by atoms with van der Waals surface area (Å²) in [5, 5.41) is 0. The molecule has 10 heteroatoms. The third-order valence-electron chi connectivity index (χ3n) is 5.46. The fourth-order valence-corrected chi connectivity index (χ4v) is 3.05. The lowest BCUT2D eigenvalue weighted by Gasteiger charge is -2.22. The maximum atomic E-state index is 12.6. The molecule has 0 saturated heterocycles. The highest BCUT2D eigenvalue weighted by Crippen LogP contribution is 2.30. The van der Waals surface area contributed by atoms with Crippen LogP contribution in [0.25, 0.3) is 0 Å². The zero-order valence-electron chi connectivity index (χ0n) is 23.4. The molecular formula is C28H43NO9. The minimum Gasteiger partial charge on any atom is -0.458 e. The molecule has 0 fully saturated rings. The van der Waals surface area contributed by atoms with Crippen molar-refractivity contribution in [1.29, 1.82) is 0 Å². The van der Waals surface area contributed by atoms with Gasteiger partial charge < -0.3 is 29.4 Å². The van der Waals surface area contributed by atoms with Crippen molar-refractivity contribution >= 4 is 24.1 Å². The molecule has 3 atom stereocenters. The molecule has 0 bridgehead atoms. The predicted molar refractivity (Wildman–Crippen MR) is 141 cm³/mol. The standard InChI is InChI=1S/C28H43NO9/c1-7-9-11-25(30)37-23-14-13-21(16-24(23)38-26(31)12-10-8-2)15-22(29)27(32)35-19(5)20(6)36-28(33)34-17-18(3)4/h13-14,16,18-20,22H,7-12,15,17,29H2,1-6H3/t19-,20-,22-/m0/s1. The molecule has 1 aromatic carbocycles. The van der Waals surface area contributed by atoms with Gasteiger partial charge in [0.2, 0.25) is 0 Å². The van der Waals surface area contributed by atoms with E-state index in [1.807, 2.05) is 27.7 Å². The van der Waals surface area contributed by atoms with Gasteiger partial charge >= 0.3 is 24.1 Å². The molecule has 1 aromatic rings. The second-order valence-electron chi connectivity index (χ2n) is 9.67. The quantitative estimate of drug-likeness (QED) is 0.229. The van der Waals surface area contributed by atoms with Crippen LogP contribution in [0.4, 0.5) is 4.79 Å². The highest BCUT2D eigenvalue weighted by atomic mass is 16.7. The van der Waals surface area contributed by atoms with Gasteiger partial charge in [0.05, 0.1) is 6.61 Å². The lowest BCUT2D eigenvalue weighted by atomic mass is 10.1. The summed E-state index contributed by atoms with van der Waals surface area (Å²) in [6, 6.07) is 3.64. The summed E-state index contributed by atoms with van der Waals surface area (Å²) in [5.41, 5.74) is 6.65. The van der Waals surface area contributed by atoms with Gasteiger partial charge in [-0.25, -0.2) is 4.79 Å². The Morgan fingerprint density at radius 1 is 0.816 bits per heavy atom. The van der Waals surface area contributed by atoms with Crippen molar-refractivity contribution < 1.29 is 42.9 Å². The molecule has 0 radical (unpaired) electrons. The summed E-state index contributed by atoms with van der Waals surface area (Å²) in [7, 11) is 0. The molecule has 0 unspecified atom stereocenters. The lowest BCUT2D eigenvalue weighted by Crippen LogP contribution is -2.39. The van der Waals surface area contributed by atoms with Gasteiger partial charge in [0.25, 0.3) is 0 Å². The largest absolute Gasteiger partial charge is 0.508 e. The summed E-state index contributed by atoms with van der Waals surface area (Å²) in [6.07, 6.45) is 1.20. The van der Waals surface area contributed by atoms with Gasteiger partial charge in [-0.3, -0.25) is 14.4 Å². The number of hydrogen-bond donors (Lipinski definition) is 1. The highest BCUT2D eigenvalue weighted by molar-refractivity contribution is 5.77. The van der Waals surface area contributed by atoms with Crippen LogP contribution in [0.3, 0.4) is 0 Å². The summed E-state index contributed by atoms with van der Waals surface area (Å²) in [6.45, 7) is 11.1. The Labute approximate surface area is 225 Å². The molecule has 2 N–H and O–H groups in total. The summed E-state index contributed by atoms with van der Waals surface area (Å²) in [5.74, 6) is -1.20. The molecule has 214 valence electrons. The van der Waals surface area contributed by atoms with E-state index in [1.165, 1.54) is 12.1 Å². The molecule has 0 aliphatic carbocycles. The van der Waals surface area contributed by atoms with Gasteiger partial charge in [0, 0.05) is 12.8 Å². The van der Waals surface area contributed by atoms with Gasteiger partial charge in [-0.2, -0.15) is 0 Å². The van der Waals surface area contributed by atoms with Crippen LogP contribution in [0.15, 0.2) is 18.2 Å². The van der Waals surface area contributed by atoms with Crippen LogP contribution < -0.4 is 15.2 Å². The summed E-state index contributed by atoms with van der Waals surface area (Å²) in [4.78, 5) is 48.7. The van der Waals surface area contributed by atoms with Gasteiger partial charge in [0.1, 0.15) is 18.2 Å². The van der Waals surface area contributed by atoms with E-state index >= 15 is 0 Å². The van der Waals surface area contributed by atoms with Crippen molar-refractivity contribution in [3.05, 3.63) is 23.8 Å². The number of ether oxygens (including phenoxy) is 5. The first-order chi connectivity index (χ1) is 18.0. The van der Waals surface area contributed by atoms with Crippen LogP contribution in [-0.4, -0.2) is 48.9 Å². The van der Waals surface area contributed by atoms with Gasteiger partial charge in [-0.05, 0) is 56.7 Å². The van der Waals surface area contributed by atoms with Crippen LogP contribution in [0.2, 0.25) is 0 Å². The third-order valence-corrected chi connectivity index (χ3v) is 5.46. The molecule has 0 saturated carbocycles. The van der Waals surface area contributed by atoms with E-state index in [1.54, 1.807) is 19.9 Å². The van der Waals surface area contributed by atoms with Gasteiger partial charge in [-0.1, -0.05) is 46.6 Å². The zero-order valence-corrected chi connectivity index (χ0v) is 23.4. The van der Waals surface area contributed by atoms with Crippen molar-refractivity contribution in [2.24, 2.45) is 11.7 Å². The van der Waals surface area contributed by atoms with E-state index in [4.69, 9.17) is 29.4 Å². The summed E-state index contributed by atoms with van der Waals surface area (Å²) >= 11 is 0. The fourth-order valence-electron chi connectivity index (χ4n) is 3.05. The van der Waals surface area contributed by atoms with Crippen LogP contribution in [0.1, 0.15) is 85.6 Å². The summed E-state index contributed by atoms with van der Waals surface area (Å²) < 4.78 is 26.4. The van der Waals surface area contributed by atoms with E-state index in [0.29, 0.717) is 18.4 Å². The Kier molecular flexibility index (Phi) is 15.0. The Bertz CT molecular complexity index is 916. The van der Waals surface area contributed by atoms with Crippen molar-refractivity contribution in [3.63, 3.8) is 0 Å². The minimum atomic E-state index is -1.04. The Morgan fingerprint density at radius 3 is 1.92 bits per heavy atom. The normalized spacial score (nSPS) is 13.3. The van der Waals surface area contributed by atoms with Crippen molar-refractivity contribution in [2.75, 3.05) is 6.61 Å². The van der Waals surface area contributed by atoms with Crippen molar-refractivity contribution in [2.45, 2.75) is 105 Å². The SMILES string of the molecule is CCCCC(=O)Oc1ccc(C[C@H](N)C(=O)O[C@@H](C)[C@H](C)OC(=O)OCC(C)C)cc1OC(=O)CCCC. The Morgan fingerprint density at radius 2 is 1.37 bits per heavy atom. The molecule has 10 nitrogen and oxygen atoms in total. The fraction of sp³-hybridized carbons (Fsp3) is 0.643. The number of unbranched alkanes of at least 4 members (excludes halogenated alkanes) is 2. The van der Waals surface area contributed by atoms with E-state index < -0.39 is 42.3 Å². The predicted octanol–water partition coefficient (Wildman–Crippen LogP) is 4.88. The number of carbonyl (C=O) groups excluding carboxylic acids is 4. The van der Waals surface area contributed by atoms with Crippen molar-refractivity contribution in [3.8, 4) is 11.5 Å². The topological polar surface area (TPSA) is 140 Å². The average Bonchev–Trinajstić information content (AvgIpc) is 2.86. The first-order valence-electron chi connectivity index (χ1n) is 13.3. The maximum Gasteiger partial charge on any atom is 0.508 e. The number of benzene rings is 1. The number of rotatable bonds is 16. The first kappa shape index (κ1) is 32.9. The average molecular weight is 538 g/mol.